The van der Waals surface area contributed by atoms with Crippen molar-refractivity contribution in [3.8, 4) is 11.1 Å². The predicted molar refractivity (Wildman–Crippen MR) is 61.6 cm³/mol. The Kier molecular flexibility index (Phi) is 3.25. The van der Waals surface area contributed by atoms with Gasteiger partial charge in [0.1, 0.15) is 11.4 Å². The number of hydrogen-bond donors (Lipinski definition) is 1. The Morgan fingerprint density at radius 1 is 1.05 bits per heavy atom. The van der Waals surface area contributed by atoms with Gasteiger partial charge < -0.3 is 5.11 Å². The Bertz CT molecular complexity index is 609. The van der Waals surface area contributed by atoms with E-state index >= 15 is 0 Å². The number of rotatable bonds is 2. The van der Waals surface area contributed by atoms with E-state index in [1.54, 1.807) is 30.3 Å². The highest BCUT2D eigenvalue weighted by Gasteiger charge is 2.33. The molecule has 0 fully saturated rings. The first-order valence-corrected chi connectivity index (χ1v) is 5.26. The van der Waals surface area contributed by atoms with Crippen LogP contribution in [0.3, 0.4) is 0 Å². The van der Waals surface area contributed by atoms with Crippen molar-refractivity contribution in [2.75, 3.05) is 0 Å². The van der Waals surface area contributed by atoms with Gasteiger partial charge >= 0.3 is 12.1 Å². The van der Waals surface area contributed by atoms with Gasteiger partial charge in [0.05, 0.1) is 0 Å². The number of halogens is 3. The molecule has 1 aromatic heterocycles. The maximum Gasteiger partial charge on any atom is 0.433 e. The van der Waals surface area contributed by atoms with Crippen LogP contribution in [0, 0.1) is 0 Å². The molecular weight excluding hydrogens is 259 g/mol. The van der Waals surface area contributed by atoms with E-state index in [2.05, 4.69) is 4.98 Å². The van der Waals surface area contributed by atoms with E-state index in [-0.39, 0.29) is 5.56 Å². The third kappa shape index (κ3) is 2.90. The number of benzene rings is 1. The van der Waals surface area contributed by atoms with Crippen molar-refractivity contribution in [2.24, 2.45) is 0 Å². The van der Waals surface area contributed by atoms with Gasteiger partial charge in [-0.2, -0.15) is 13.2 Å². The number of carbonyl (C=O) groups is 1. The van der Waals surface area contributed by atoms with Crippen LogP contribution >= 0.6 is 0 Å². The van der Waals surface area contributed by atoms with Gasteiger partial charge in [0.2, 0.25) is 0 Å². The lowest BCUT2D eigenvalue weighted by molar-refractivity contribution is -0.141. The molecule has 19 heavy (non-hydrogen) atoms. The van der Waals surface area contributed by atoms with Gasteiger partial charge in [-0.25, -0.2) is 9.78 Å². The zero-order valence-corrected chi connectivity index (χ0v) is 9.48. The molecule has 0 spiro atoms. The Balaban J connectivity index is 2.62. The summed E-state index contributed by atoms with van der Waals surface area (Å²) in [6.07, 6.45) is -4.69. The van der Waals surface area contributed by atoms with E-state index in [4.69, 9.17) is 5.11 Å². The molecule has 1 heterocycles. The number of hydrogen-bond acceptors (Lipinski definition) is 2. The van der Waals surface area contributed by atoms with Crippen LogP contribution in [0.15, 0.2) is 42.5 Å². The maximum atomic E-state index is 12.7. The van der Waals surface area contributed by atoms with Gasteiger partial charge in [-0.3, -0.25) is 0 Å². The number of aromatic nitrogens is 1. The van der Waals surface area contributed by atoms with Gasteiger partial charge in [0.15, 0.2) is 0 Å². The van der Waals surface area contributed by atoms with Gasteiger partial charge in [-0.15, -0.1) is 0 Å². The average Bonchev–Trinajstić information content (AvgIpc) is 2.38. The first-order valence-electron chi connectivity index (χ1n) is 5.26. The van der Waals surface area contributed by atoms with Crippen LogP contribution in [0.1, 0.15) is 16.2 Å². The number of carboxylic acids is 1. The first-order chi connectivity index (χ1) is 8.88. The van der Waals surface area contributed by atoms with Gasteiger partial charge in [-0.05, 0) is 23.3 Å². The van der Waals surface area contributed by atoms with Crippen LogP contribution in [0.2, 0.25) is 0 Å². The second kappa shape index (κ2) is 4.72. The van der Waals surface area contributed by atoms with Crippen LogP contribution in [0.4, 0.5) is 13.2 Å². The molecule has 0 aliphatic carbocycles. The maximum absolute atomic E-state index is 12.7. The summed E-state index contributed by atoms with van der Waals surface area (Å²) in [5.74, 6) is -1.50. The SMILES string of the molecule is O=C(O)c1cc(-c2ccccc2)cc(C(F)(F)F)n1. The van der Waals surface area contributed by atoms with Crippen LogP contribution < -0.4 is 0 Å². The summed E-state index contributed by atoms with van der Waals surface area (Å²) in [6.45, 7) is 0. The molecule has 0 bridgehead atoms. The first kappa shape index (κ1) is 13.1. The summed E-state index contributed by atoms with van der Waals surface area (Å²) < 4.78 is 38.0. The van der Waals surface area contributed by atoms with Crippen molar-refractivity contribution in [3.05, 3.63) is 53.9 Å². The fourth-order valence-corrected chi connectivity index (χ4v) is 1.58. The lowest BCUT2D eigenvalue weighted by Gasteiger charge is -2.09. The summed E-state index contributed by atoms with van der Waals surface area (Å²) in [5.41, 5.74) is -1.18. The molecule has 2 rings (SSSR count). The fourth-order valence-electron chi connectivity index (χ4n) is 1.58. The topological polar surface area (TPSA) is 50.2 Å². The predicted octanol–water partition coefficient (Wildman–Crippen LogP) is 3.47. The number of nitrogens with zero attached hydrogens (tertiary/aromatic N) is 1. The lowest BCUT2D eigenvalue weighted by Crippen LogP contribution is -2.12. The molecule has 1 aromatic carbocycles. The number of alkyl halides is 3. The molecular formula is C13H8F3NO2. The highest BCUT2D eigenvalue weighted by molar-refractivity contribution is 5.87. The molecule has 2 aromatic rings. The summed E-state index contributed by atoms with van der Waals surface area (Å²) >= 11 is 0. The van der Waals surface area contributed by atoms with E-state index in [0.29, 0.717) is 5.56 Å². The molecule has 1 N–H and O–H groups in total. The number of pyridine rings is 1. The van der Waals surface area contributed by atoms with Crippen molar-refractivity contribution < 1.29 is 23.1 Å². The van der Waals surface area contributed by atoms with Crippen molar-refractivity contribution in [1.29, 1.82) is 0 Å². The van der Waals surface area contributed by atoms with Crippen LogP contribution in [0.25, 0.3) is 11.1 Å². The van der Waals surface area contributed by atoms with E-state index in [1.165, 1.54) is 0 Å². The minimum Gasteiger partial charge on any atom is -0.477 e. The molecule has 98 valence electrons. The molecule has 0 radical (unpaired) electrons. The Labute approximate surface area is 106 Å². The van der Waals surface area contributed by atoms with Crippen molar-refractivity contribution in [2.45, 2.75) is 6.18 Å². The minimum atomic E-state index is -4.69. The quantitative estimate of drug-likeness (QED) is 0.906. The highest BCUT2D eigenvalue weighted by atomic mass is 19.4. The fraction of sp³-hybridized carbons (Fsp3) is 0.0769. The molecule has 0 atom stereocenters. The van der Waals surface area contributed by atoms with Crippen molar-refractivity contribution >= 4 is 5.97 Å². The molecule has 0 aliphatic heterocycles. The zero-order valence-electron chi connectivity index (χ0n) is 9.48. The summed E-state index contributed by atoms with van der Waals surface area (Å²) in [5, 5.41) is 8.82. The molecule has 0 aliphatic rings. The van der Waals surface area contributed by atoms with Gasteiger partial charge in [-0.1, -0.05) is 30.3 Å². The average molecular weight is 267 g/mol. The molecule has 3 nitrogen and oxygen atoms in total. The lowest BCUT2D eigenvalue weighted by atomic mass is 10.0. The third-order valence-corrected chi connectivity index (χ3v) is 2.44. The third-order valence-electron chi connectivity index (χ3n) is 2.44. The smallest absolute Gasteiger partial charge is 0.433 e. The van der Waals surface area contributed by atoms with E-state index < -0.39 is 23.5 Å². The Hall–Kier alpha value is -2.37. The van der Waals surface area contributed by atoms with Crippen molar-refractivity contribution in [3.63, 3.8) is 0 Å². The molecule has 0 saturated heterocycles. The highest BCUT2D eigenvalue weighted by Crippen LogP contribution is 2.31. The summed E-state index contributed by atoms with van der Waals surface area (Å²) in [7, 11) is 0. The van der Waals surface area contributed by atoms with Gasteiger partial charge in [0, 0.05) is 0 Å². The Morgan fingerprint density at radius 3 is 2.21 bits per heavy atom. The largest absolute Gasteiger partial charge is 0.477 e. The normalized spacial score (nSPS) is 11.3. The van der Waals surface area contributed by atoms with Crippen LogP contribution in [-0.2, 0) is 6.18 Å². The molecule has 6 heteroatoms. The second-order valence-corrected chi connectivity index (χ2v) is 3.80. The van der Waals surface area contributed by atoms with E-state index in [1.807, 2.05) is 0 Å². The van der Waals surface area contributed by atoms with Gasteiger partial charge in [0.25, 0.3) is 0 Å². The van der Waals surface area contributed by atoms with E-state index in [9.17, 15) is 18.0 Å². The van der Waals surface area contributed by atoms with E-state index in [0.717, 1.165) is 12.1 Å². The zero-order chi connectivity index (χ0) is 14.0. The monoisotopic (exact) mass is 267 g/mol. The molecule has 0 unspecified atom stereocenters. The number of aromatic carboxylic acids is 1. The number of carboxylic acid groups (broad SMARTS) is 1. The van der Waals surface area contributed by atoms with Crippen LogP contribution in [0.5, 0.6) is 0 Å². The molecule has 0 amide bonds. The summed E-state index contributed by atoms with van der Waals surface area (Å²) in [6, 6.07) is 10.2. The van der Waals surface area contributed by atoms with Crippen LogP contribution in [-0.4, -0.2) is 16.1 Å². The summed E-state index contributed by atoms with van der Waals surface area (Å²) in [4.78, 5) is 13.9. The minimum absolute atomic E-state index is 0.167. The van der Waals surface area contributed by atoms with Crippen molar-refractivity contribution in [1.82, 2.24) is 4.98 Å². The molecule has 0 saturated carbocycles. The standard InChI is InChI=1S/C13H8F3NO2/c14-13(15,16)11-7-9(6-10(17-11)12(18)19)8-4-2-1-3-5-8/h1-7H,(H,18,19). The second-order valence-electron chi connectivity index (χ2n) is 3.80. The Morgan fingerprint density at radius 2 is 1.68 bits per heavy atom.